The first-order valence-corrected chi connectivity index (χ1v) is 11.2. The molecule has 96 valence electrons. The van der Waals surface area contributed by atoms with E-state index in [-0.39, 0.29) is 5.62 Å². The highest BCUT2D eigenvalue weighted by Crippen LogP contribution is 2.52. The van der Waals surface area contributed by atoms with Gasteiger partial charge in [0.25, 0.3) is 0 Å². The van der Waals surface area contributed by atoms with Crippen LogP contribution in [-0.2, 0) is 4.57 Å². The molecule has 0 amide bonds. The SMILES string of the molecule is CN([Si](C)(C)C)P(=O)(CCl)Oc1ccccc1. The molecule has 1 rings (SSSR count). The van der Waals surface area contributed by atoms with Crippen molar-refractivity contribution in [2.24, 2.45) is 0 Å². The van der Waals surface area contributed by atoms with E-state index in [0.29, 0.717) is 5.75 Å². The summed E-state index contributed by atoms with van der Waals surface area (Å²) in [6.45, 7) is 6.33. The van der Waals surface area contributed by atoms with Crippen molar-refractivity contribution < 1.29 is 9.09 Å². The Balaban J connectivity index is 2.94. The number of nitrogens with zero attached hydrogens (tertiary/aromatic N) is 1. The van der Waals surface area contributed by atoms with Crippen LogP contribution >= 0.6 is 19.1 Å². The van der Waals surface area contributed by atoms with E-state index in [1.807, 2.05) is 29.6 Å². The lowest BCUT2D eigenvalue weighted by Crippen LogP contribution is -2.41. The summed E-state index contributed by atoms with van der Waals surface area (Å²) in [6.07, 6.45) is 0. The fourth-order valence-electron chi connectivity index (χ4n) is 1.27. The topological polar surface area (TPSA) is 29.5 Å². The van der Waals surface area contributed by atoms with Crippen molar-refractivity contribution in [1.82, 2.24) is 4.34 Å². The van der Waals surface area contributed by atoms with Gasteiger partial charge in [0.15, 0.2) is 0 Å². The molecular weight excluding hydrogens is 273 g/mol. The summed E-state index contributed by atoms with van der Waals surface area (Å²) in [5, 5.41) is 0. The molecule has 0 aromatic heterocycles. The molecule has 0 heterocycles. The van der Waals surface area contributed by atoms with Gasteiger partial charge in [-0.1, -0.05) is 37.8 Å². The maximum atomic E-state index is 12.7. The van der Waals surface area contributed by atoms with Crippen LogP contribution in [0.25, 0.3) is 0 Å². The molecule has 0 aliphatic rings. The van der Waals surface area contributed by atoms with Crippen LogP contribution in [0.1, 0.15) is 0 Å². The van der Waals surface area contributed by atoms with Gasteiger partial charge in [-0.2, -0.15) is 0 Å². The Morgan fingerprint density at radius 3 is 2.24 bits per heavy atom. The van der Waals surface area contributed by atoms with E-state index in [9.17, 15) is 4.57 Å². The molecule has 0 saturated carbocycles. The van der Waals surface area contributed by atoms with Crippen LogP contribution < -0.4 is 4.52 Å². The molecule has 0 radical (unpaired) electrons. The Bertz CT molecular complexity index is 408. The molecule has 17 heavy (non-hydrogen) atoms. The Hall–Kier alpha value is -0.283. The van der Waals surface area contributed by atoms with Gasteiger partial charge in [0.1, 0.15) is 19.6 Å². The molecule has 1 unspecified atom stereocenters. The minimum Gasteiger partial charge on any atom is -0.432 e. The first-order valence-electron chi connectivity index (χ1n) is 5.43. The van der Waals surface area contributed by atoms with Crippen LogP contribution in [-0.4, -0.2) is 25.2 Å². The first kappa shape index (κ1) is 14.8. The molecule has 3 nitrogen and oxygen atoms in total. The average Bonchev–Trinajstić information content (AvgIpc) is 2.28. The smallest absolute Gasteiger partial charge is 0.327 e. The zero-order valence-corrected chi connectivity index (χ0v) is 13.3. The number of halogens is 1. The minimum absolute atomic E-state index is 0.00264. The summed E-state index contributed by atoms with van der Waals surface area (Å²) >= 11 is 5.85. The molecular formula is C11H19ClNO2PSi. The van der Waals surface area contributed by atoms with Crippen molar-refractivity contribution in [2.75, 3.05) is 12.7 Å². The molecule has 0 aliphatic heterocycles. The van der Waals surface area contributed by atoms with E-state index >= 15 is 0 Å². The maximum absolute atomic E-state index is 12.7. The fourth-order valence-corrected chi connectivity index (χ4v) is 6.94. The molecule has 0 aliphatic carbocycles. The lowest BCUT2D eigenvalue weighted by Gasteiger charge is -2.35. The van der Waals surface area contributed by atoms with Crippen molar-refractivity contribution in [1.29, 1.82) is 0 Å². The number of rotatable bonds is 5. The van der Waals surface area contributed by atoms with E-state index in [1.54, 1.807) is 12.1 Å². The number of hydrogen-bond donors (Lipinski definition) is 0. The average molecular weight is 292 g/mol. The molecule has 1 aromatic carbocycles. The predicted octanol–water partition coefficient (Wildman–Crippen LogP) is 4.22. The minimum atomic E-state index is -2.97. The van der Waals surface area contributed by atoms with Gasteiger partial charge < -0.3 is 4.52 Å². The van der Waals surface area contributed by atoms with Crippen molar-refractivity contribution >= 4 is 27.4 Å². The van der Waals surface area contributed by atoms with Gasteiger partial charge >= 0.3 is 7.52 Å². The van der Waals surface area contributed by atoms with Crippen LogP contribution in [0.2, 0.25) is 19.6 Å². The highest BCUT2D eigenvalue weighted by molar-refractivity contribution is 7.60. The molecule has 1 aromatic rings. The fraction of sp³-hybridized carbons (Fsp3) is 0.455. The first-order chi connectivity index (χ1) is 7.79. The van der Waals surface area contributed by atoms with Crippen molar-refractivity contribution in [3.8, 4) is 5.75 Å². The second-order valence-corrected chi connectivity index (χ2v) is 13.3. The number of alkyl halides is 1. The molecule has 0 saturated heterocycles. The van der Waals surface area contributed by atoms with Crippen LogP contribution in [0.3, 0.4) is 0 Å². The summed E-state index contributed by atoms with van der Waals surface area (Å²) in [6, 6.07) is 9.17. The van der Waals surface area contributed by atoms with Gasteiger partial charge in [-0.15, -0.1) is 11.6 Å². The van der Waals surface area contributed by atoms with Gasteiger partial charge in [-0.05, 0) is 19.2 Å². The third kappa shape index (κ3) is 3.85. The van der Waals surface area contributed by atoms with E-state index in [4.69, 9.17) is 16.1 Å². The predicted molar refractivity (Wildman–Crippen MR) is 76.5 cm³/mol. The third-order valence-corrected chi connectivity index (χ3v) is 9.84. The highest BCUT2D eigenvalue weighted by atomic mass is 35.5. The standard InChI is InChI=1S/C11H19ClNO2PSi/c1-13(17(2,3)4)16(14,10-12)15-11-8-6-5-7-9-11/h5-9H,10H2,1-4H3. The lowest BCUT2D eigenvalue weighted by atomic mass is 10.3. The number of hydrogen-bond acceptors (Lipinski definition) is 2. The molecule has 0 N–H and O–H groups in total. The van der Waals surface area contributed by atoms with Gasteiger partial charge in [0.05, 0.1) is 0 Å². The van der Waals surface area contributed by atoms with Crippen molar-refractivity contribution in [3.63, 3.8) is 0 Å². The Labute approximate surface area is 109 Å². The Kier molecular flexibility index (Phi) is 4.84. The summed E-state index contributed by atoms with van der Waals surface area (Å²) in [5.41, 5.74) is 0.00264. The second-order valence-electron chi connectivity index (χ2n) is 4.86. The Morgan fingerprint density at radius 2 is 1.82 bits per heavy atom. The van der Waals surface area contributed by atoms with Crippen LogP contribution in [0.4, 0.5) is 0 Å². The lowest BCUT2D eigenvalue weighted by molar-refractivity contribution is 0.445. The maximum Gasteiger partial charge on any atom is 0.327 e. The van der Waals surface area contributed by atoms with E-state index in [0.717, 1.165) is 0 Å². The summed E-state index contributed by atoms with van der Waals surface area (Å²) in [4.78, 5) is 0. The largest absolute Gasteiger partial charge is 0.432 e. The zero-order chi connectivity index (χ0) is 13.1. The van der Waals surface area contributed by atoms with Crippen molar-refractivity contribution in [2.45, 2.75) is 19.6 Å². The monoisotopic (exact) mass is 291 g/mol. The zero-order valence-electron chi connectivity index (χ0n) is 10.7. The van der Waals surface area contributed by atoms with Gasteiger partial charge in [-0.3, -0.25) is 4.57 Å². The van der Waals surface area contributed by atoms with E-state index < -0.39 is 15.8 Å². The molecule has 0 fully saturated rings. The second kappa shape index (κ2) is 5.57. The van der Waals surface area contributed by atoms with E-state index in [2.05, 4.69) is 19.6 Å². The molecule has 1 atom stereocenters. The quantitative estimate of drug-likeness (QED) is 0.462. The number of para-hydroxylation sites is 1. The molecule has 0 bridgehead atoms. The summed E-state index contributed by atoms with van der Waals surface area (Å²) < 4.78 is 20.2. The van der Waals surface area contributed by atoms with Crippen LogP contribution in [0.15, 0.2) is 30.3 Å². The van der Waals surface area contributed by atoms with Gasteiger partial charge in [-0.25, -0.2) is 4.34 Å². The molecule has 6 heteroatoms. The van der Waals surface area contributed by atoms with E-state index in [1.165, 1.54) is 0 Å². The molecule has 0 spiro atoms. The Morgan fingerprint density at radius 1 is 1.29 bits per heavy atom. The highest BCUT2D eigenvalue weighted by Gasteiger charge is 2.37. The van der Waals surface area contributed by atoms with Crippen LogP contribution in [0, 0.1) is 0 Å². The van der Waals surface area contributed by atoms with Crippen molar-refractivity contribution in [3.05, 3.63) is 30.3 Å². The van der Waals surface area contributed by atoms with Gasteiger partial charge in [0.2, 0.25) is 0 Å². The normalized spacial score (nSPS) is 15.6. The van der Waals surface area contributed by atoms with Crippen LogP contribution in [0.5, 0.6) is 5.75 Å². The van der Waals surface area contributed by atoms with Gasteiger partial charge in [0, 0.05) is 0 Å². The number of benzene rings is 1. The summed E-state index contributed by atoms with van der Waals surface area (Å²) in [5.74, 6) is 0.599. The third-order valence-electron chi connectivity index (χ3n) is 2.57. The summed E-state index contributed by atoms with van der Waals surface area (Å²) in [7, 11) is -2.85.